The number of nitrogens with zero attached hydrogens (tertiary/aromatic N) is 1. The van der Waals surface area contributed by atoms with Crippen LogP contribution in [-0.4, -0.2) is 26.3 Å². The van der Waals surface area contributed by atoms with E-state index >= 15 is 0 Å². The third-order valence-corrected chi connectivity index (χ3v) is 2.67. The number of aromatic amines is 2. The molecule has 6 heteroatoms. The molecule has 3 aromatic rings. The molecular weight excluding hydrogens is 241 g/mol. The number of para-hydroxylation sites is 1. The van der Waals surface area contributed by atoms with Gasteiger partial charge >= 0.3 is 35.5 Å². The minimum atomic E-state index is -1.01. The van der Waals surface area contributed by atoms with Gasteiger partial charge in [-0.25, -0.2) is 4.79 Å². The maximum Gasteiger partial charge on any atom is 1.00 e. The molecule has 86 valence electrons. The number of carboxylic acid groups (broad SMARTS) is 1. The summed E-state index contributed by atoms with van der Waals surface area (Å²) < 4.78 is 0. The molecule has 0 amide bonds. The fourth-order valence-electron chi connectivity index (χ4n) is 1.85. The Bertz CT molecular complexity index is 708. The van der Waals surface area contributed by atoms with Gasteiger partial charge in [-0.05, 0) is 12.1 Å². The van der Waals surface area contributed by atoms with E-state index < -0.39 is 5.97 Å². The molecule has 0 aliphatic rings. The summed E-state index contributed by atoms with van der Waals surface area (Å²) in [5, 5.41) is 16.4. The molecule has 1 aromatic carbocycles. The summed E-state index contributed by atoms with van der Waals surface area (Å²) in [6.07, 6.45) is 1.83. The average Bonchev–Trinajstić information content (AvgIpc) is 2.95. The van der Waals surface area contributed by atoms with E-state index in [1.165, 1.54) is 6.07 Å². The van der Waals surface area contributed by atoms with Gasteiger partial charge in [0.1, 0.15) is 5.69 Å². The van der Waals surface area contributed by atoms with Gasteiger partial charge in [-0.1, -0.05) is 18.2 Å². The first-order chi connectivity index (χ1) is 8.25. The summed E-state index contributed by atoms with van der Waals surface area (Å²) in [4.78, 5) is 13.9. The molecule has 0 radical (unpaired) electrons. The van der Waals surface area contributed by atoms with Crippen LogP contribution in [0.4, 0.5) is 0 Å². The third-order valence-electron chi connectivity index (χ3n) is 2.67. The molecule has 0 aliphatic carbocycles. The Morgan fingerprint density at radius 2 is 2.11 bits per heavy atom. The zero-order valence-corrected chi connectivity index (χ0v) is 11.8. The summed E-state index contributed by atoms with van der Waals surface area (Å²) in [6, 6.07) is 9.33. The van der Waals surface area contributed by atoms with Crippen LogP contribution in [0.25, 0.3) is 22.2 Å². The minimum Gasteiger partial charge on any atom is -1.00 e. The van der Waals surface area contributed by atoms with Gasteiger partial charge in [0, 0.05) is 22.7 Å². The molecule has 18 heavy (non-hydrogen) atoms. The summed E-state index contributed by atoms with van der Waals surface area (Å²) in [5.74, 6) is -1.01. The first kappa shape index (κ1) is 12.9. The largest absolute Gasteiger partial charge is 1.00 e. The van der Waals surface area contributed by atoms with Crippen LogP contribution in [0.15, 0.2) is 36.5 Å². The zero-order valence-electron chi connectivity index (χ0n) is 10.8. The van der Waals surface area contributed by atoms with Crippen molar-refractivity contribution in [2.75, 3.05) is 0 Å². The summed E-state index contributed by atoms with van der Waals surface area (Å²) in [5.41, 5.74) is 2.61. The van der Waals surface area contributed by atoms with E-state index in [4.69, 9.17) is 5.11 Å². The van der Waals surface area contributed by atoms with E-state index in [1.807, 2.05) is 30.5 Å². The van der Waals surface area contributed by atoms with Crippen molar-refractivity contribution < 1.29 is 40.9 Å². The third kappa shape index (κ3) is 2.08. The van der Waals surface area contributed by atoms with E-state index in [2.05, 4.69) is 15.2 Å². The summed E-state index contributed by atoms with van der Waals surface area (Å²) in [6.45, 7) is 0. The Kier molecular flexibility index (Phi) is 3.56. The van der Waals surface area contributed by atoms with Crippen molar-refractivity contribution in [2.45, 2.75) is 0 Å². The quantitative estimate of drug-likeness (QED) is 0.530. The van der Waals surface area contributed by atoms with Crippen molar-refractivity contribution >= 4 is 16.9 Å². The Hall–Kier alpha value is -1.56. The number of nitrogens with one attached hydrogen (secondary N) is 2. The minimum absolute atomic E-state index is 0. The second kappa shape index (κ2) is 4.97. The predicted molar refractivity (Wildman–Crippen MR) is 64.0 cm³/mol. The molecular formula is C12H10N3NaO2. The Morgan fingerprint density at radius 3 is 2.83 bits per heavy atom. The number of carbonyl (C=O) groups is 1. The number of aromatic carboxylic acids is 1. The topological polar surface area (TPSA) is 81.8 Å². The van der Waals surface area contributed by atoms with Gasteiger partial charge in [-0.2, -0.15) is 5.10 Å². The molecule has 0 saturated heterocycles. The Balaban J connectivity index is 0.000000902. The second-order valence-electron chi connectivity index (χ2n) is 3.72. The van der Waals surface area contributed by atoms with Crippen LogP contribution in [0.5, 0.6) is 0 Å². The van der Waals surface area contributed by atoms with E-state index in [0.29, 0.717) is 5.69 Å². The smallest absolute Gasteiger partial charge is 1.00 e. The number of aromatic nitrogens is 3. The molecule has 5 nitrogen and oxygen atoms in total. The number of benzene rings is 1. The fourth-order valence-corrected chi connectivity index (χ4v) is 1.85. The SMILES string of the molecule is O=C(O)c1cc(-c2c[nH]c3ccccc23)n[nH]1.[H-].[Na+]. The van der Waals surface area contributed by atoms with E-state index in [0.717, 1.165) is 16.5 Å². The zero-order chi connectivity index (χ0) is 11.8. The van der Waals surface area contributed by atoms with Crippen LogP contribution in [0.1, 0.15) is 11.9 Å². The Morgan fingerprint density at radius 1 is 1.33 bits per heavy atom. The fraction of sp³-hybridized carbons (Fsp3) is 0. The second-order valence-corrected chi connectivity index (χ2v) is 3.72. The molecule has 0 unspecified atom stereocenters. The molecule has 3 rings (SSSR count). The molecule has 0 aliphatic heterocycles. The molecule has 0 fully saturated rings. The molecule has 0 atom stereocenters. The van der Waals surface area contributed by atoms with Crippen molar-refractivity contribution in [1.29, 1.82) is 0 Å². The monoisotopic (exact) mass is 251 g/mol. The number of hydrogen-bond acceptors (Lipinski definition) is 2. The van der Waals surface area contributed by atoms with Crippen molar-refractivity contribution in [3.8, 4) is 11.3 Å². The van der Waals surface area contributed by atoms with Crippen LogP contribution < -0.4 is 29.6 Å². The number of fused-ring (bicyclic) bond motifs is 1. The van der Waals surface area contributed by atoms with Gasteiger partial charge in [0.25, 0.3) is 0 Å². The van der Waals surface area contributed by atoms with Gasteiger partial charge in [-0.3, -0.25) is 5.10 Å². The number of rotatable bonds is 2. The molecule has 0 bridgehead atoms. The normalized spacial score (nSPS) is 10.2. The van der Waals surface area contributed by atoms with Gasteiger partial charge in [0.05, 0.1) is 5.69 Å². The predicted octanol–water partition coefficient (Wildman–Crippen LogP) is -0.627. The number of hydrogen-bond donors (Lipinski definition) is 3. The van der Waals surface area contributed by atoms with Crippen LogP contribution in [0.2, 0.25) is 0 Å². The van der Waals surface area contributed by atoms with Crippen LogP contribution in [0.3, 0.4) is 0 Å². The average molecular weight is 251 g/mol. The van der Waals surface area contributed by atoms with Crippen molar-refractivity contribution in [1.82, 2.24) is 15.2 Å². The Labute approximate surface area is 126 Å². The maximum absolute atomic E-state index is 10.8. The van der Waals surface area contributed by atoms with E-state index in [1.54, 1.807) is 0 Å². The van der Waals surface area contributed by atoms with Crippen LogP contribution in [-0.2, 0) is 0 Å². The van der Waals surface area contributed by atoms with Gasteiger partial charge in [-0.15, -0.1) is 0 Å². The van der Waals surface area contributed by atoms with Gasteiger partial charge in [0.2, 0.25) is 0 Å². The first-order valence-corrected chi connectivity index (χ1v) is 5.11. The standard InChI is InChI=1S/C12H9N3O2.Na.H/c16-12(17)11-5-10(14-15-11)8-6-13-9-4-2-1-3-7(8)9;;/h1-6,13H,(H,14,15)(H,16,17);;/q;+1;-1. The summed E-state index contributed by atoms with van der Waals surface area (Å²) >= 11 is 0. The first-order valence-electron chi connectivity index (χ1n) is 5.11. The molecule has 3 N–H and O–H groups in total. The number of H-pyrrole nitrogens is 2. The number of carboxylic acids is 1. The van der Waals surface area contributed by atoms with Gasteiger partial charge < -0.3 is 11.5 Å². The van der Waals surface area contributed by atoms with E-state index in [-0.39, 0.29) is 36.7 Å². The van der Waals surface area contributed by atoms with Crippen LogP contribution in [0, 0.1) is 0 Å². The van der Waals surface area contributed by atoms with Gasteiger partial charge in [0.15, 0.2) is 0 Å². The van der Waals surface area contributed by atoms with Crippen molar-refractivity contribution in [3.63, 3.8) is 0 Å². The maximum atomic E-state index is 10.8. The molecule has 0 spiro atoms. The van der Waals surface area contributed by atoms with Crippen molar-refractivity contribution in [2.24, 2.45) is 0 Å². The van der Waals surface area contributed by atoms with Crippen molar-refractivity contribution in [3.05, 3.63) is 42.2 Å². The molecule has 2 aromatic heterocycles. The molecule has 0 saturated carbocycles. The summed E-state index contributed by atoms with van der Waals surface area (Å²) in [7, 11) is 0. The van der Waals surface area contributed by atoms with Crippen LogP contribution >= 0.6 is 0 Å². The molecule has 2 heterocycles. The van der Waals surface area contributed by atoms with E-state index in [9.17, 15) is 4.79 Å².